The molecule has 0 amide bonds. The van der Waals surface area contributed by atoms with Crippen LogP contribution in [0.25, 0.3) is 0 Å². The minimum absolute atomic E-state index is 0.108. The summed E-state index contributed by atoms with van der Waals surface area (Å²) in [5.41, 5.74) is 0.899. The molecule has 0 saturated heterocycles. The van der Waals surface area contributed by atoms with Crippen LogP contribution in [0.4, 0.5) is 0 Å². The Kier molecular flexibility index (Phi) is 4.30. The first-order valence-electron chi connectivity index (χ1n) is 4.22. The molecule has 1 heterocycles. The lowest BCUT2D eigenvalue weighted by Crippen LogP contribution is -2.29. The first-order valence-corrected chi connectivity index (χ1v) is 7.27. The highest BCUT2D eigenvalue weighted by atomic mass is 79.9. The molecule has 1 aromatic heterocycles. The number of hydrogen-bond acceptors (Lipinski definition) is 4. The Morgan fingerprint density at radius 1 is 1.60 bits per heavy atom. The van der Waals surface area contributed by atoms with Crippen molar-refractivity contribution in [3.63, 3.8) is 0 Å². The van der Waals surface area contributed by atoms with Crippen molar-refractivity contribution in [2.45, 2.75) is 11.1 Å². The topological polar surface area (TPSA) is 57.6 Å². The van der Waals surface area contributed by atoms with E-state index in [-0.39, 0.29) is 13.2 Å². The van der Waals surface area contributed by atoms with Gasteiger partial charge in [0.05, 0.1) is 10.4 Å². The van der Waals surface area contributed by atoms with Crippen molar-refractivity contribution in [3.8, 4) is 0 Å². The summed E-state index contributed by atoms with van der Waals surface area (Å²) < 4.78 is 26.0. The van der Waals surface area contributed by atoms with E-state index in [1.165, 1.54) is 18.4 Å². The van der Waals surface area contributed by atoms with E-state index in [1.807, 2.05) is 6.92 Å². The third-order valence-corrected chi connectivity index (χ3v) is 6.36. The molecule has 15 heavy (non-hydrogen) atoms. The smallest absolute Gasteiger partial charge is 0.252 e. The van der Waals surface area contributed by atoms with Crippen molar-refractivity contribution in [1.82, 2.24) is 4.31 Å². The molecule has 86 valence electrons. The van der Waals surface area contributed by atoms with Crippen molar-refractivity contribution < 1.29 is 13.5 Å². The Balaban J connectivity index is 3.06. The SMILES string of the molecule is Cc1cc(S(=O)(=O)N(C)CCO)sc1Br. The Morgan fingerprint density at radius 2 is 2.20 bits per heavy atom. The maximum absolute atomic E-state index is 11.9. The molecule has 1 N–H and O–H groups in total. The van der Waals surface area contributed by atoms with Crippen LogP contribution in [0, 0.1) is 6.92 Å². The van der Waals surface area contributed by atoms with E-state index in [2.05, 4.69) is 15.9 Å². The molecule has 4 nitrogen and oxygen atoms in total. The van der Waals surface area contributed by atoms with Crippen molar-refractivity contribution in [1.29, 1.82) is 0 Å². The first kappa shape index (κ1) is 13.1. The highest BCUT2D eigenvalue weighted by Crippen LogP contribution is 2.31. The number of nitrogens with zero attached hydrogens (tertiary/aromatic N) is 1. The van der Waals surface area contributed by atoms with Crippen LogP contribution in [0.1, 0.15) is 5.56 Å². The zero-order valence-electron chi connectivity index (χ0n) is 8.40. The molecule has 0 spiro atoms. The summed E-state index contributed by atoms with van der Waals surface area (Å²) >= 11 is 4.46. The van der Waals surface area contributed by atoms with Crippen molar-refractivity contribution >= 4 is 37.3 Å². The molecule has 1 rings (SSSR count). The lowest BCUT2D eigenvalue weighted by atomic mass is 10.4. The summed E-state index contributed by atoms with van der Waals surface area (Å²) in [5.74, 6) is 0. The molecule has 0 radical (unpaired) electrons. The fourth-order valence-electron chi connectivity index (χ4n) is 0.974. The predicted molar refractivity (Wildman–Crippen MR) is 63.7 cm³/mol. The first-order chi connectivity index (χ1) is 6.89. The molecule has 0 aromatic carbocycles. The van der Waals surface area contributed by atoms with Crippen molar-refractivity contribution in [2.75, 3.05) is 20.2 Å². The lowest BCUT2D eigenvalue weighted by molar-refractivity contribution is 0.266. The van der Waals surface area contributed by atoms with Gasteiger partial charge in [-0.3, -0.25) is 0 Å². The zero-order valence-corrected chi connectivity index (χ0v) is 11.6. The van der Waals surface area contributed by atoms with Gasteiger partial charge in [-0.15, -0.1) is 11.3 Å². The van der Waals surface area contributed by atoms with Gasteiger partial charge in [0.25, 0.3) is 10.0 Å². The molecular weight excluding hydrogens is 302 g/mol. The number of rotatable bonds is 4. The lowest BCUT2D eigenvalue weighted by Gasteiger charge is -2.13. The standard InChI is InChI=1S/C8H12BrNO3S2/c1-6-5-7(14-8(6)9)15(12,13)10(2)3-4-11/h5,11H,3-4H2,1-2H3. The van der Waals surface area contributed by atoms with E-state index in [0.29, 0.717) is 4.21 Å². The second-order valence-corrected chi connectivity index (χ2v) is 7.71. The average molecular weight is 314 g/mol. The minimum atomic E-state index is -3.44. The maximum Gasteiger partial charge on any atom is 0.252 e. The summed E-state index contributed by atoms with van der Waals surface area (Å²) in [5, 5.41) is 8.69. The fourth-order valence-corrected chi connectivity index (χ4v) is 4.57. The Morgan fingerprint density at radius 3 is 2.60 bits per heavy atom. The van der Waals surface area contributed by atoms with Crippen LogP contribution >= 0.6 is 27.3 Å². The fraction of sp³-hybridized carbons (Fsp3) is 0.500. The van der Waals surface area contributed by atoms with E-state index < -0.39 is 10.0 Å². The minimum Gasteiger partial charge on any atom is -0.395 e. The summed E-state index contributed by atoms with van der Waals surface area (Å²) in [6, 6.07) is 1.62. The largest absolute Gasteiger partial charge is 0.395 e. The van der Waals surface area contributed by atoms with Gasteiger partial charge in [-0.1, -0.05) is 0 Å². The van der Waals surface area contributed by atoms with Crippen LogP contribution in [-0.4, -0.2) is 38.0 Å². The number of likely N-dealkylation sites (N-methyl/N-ethyl adjacent to an activating group) is 1. The van der Waals surface area contributed by atoms with Crippen LogP contribution in [0.15, 0.2) is 14.1 Å². The van der Waals surface area contributed by atoms with Crippen molar-refractivity contribution in [3.05, 3.63) is 15.4 Å². The van der Waals surface area contributed by atoms with Crippen LogP contribution in [0.2, 0.25) is 0 Å². The van der Waals surface area contributed by atoms with E-state index in [0.717, 1.165) is 13.7 Å². The van der Waals surface area contributed by atoms with Gasteiger partial charge in [0, 0.05) is 13.6 Å². The summed E-state index contributed by atoms with van der Waals surface area (Å²) in [6.07, 6.45) is 0. The van der Waals surface area contributed by atoms with Gasteiger partial charge >= 0.3 is 0 Å². The molecular formula is C8H12BrNO3S2. The highest BCUT2D eigenvalue weighted by molar-refractivity contribution is 9.11. The molecule has 0 saturated carbocycles. The Hall–Kier alpha value is 0.0500. The maximum atomic E-state index is 11.9. The molecule has 1 aromatic rings. The van der Waals surface area contributed by atoms with Gasteiger partial charge in [0.2, 0.25) is 0 Å². The van der Waals surface area contributed by atoms with Gasteiger partial charge in [0.15, 0.2) is 0 Å². The molecule has 0 atom stereocenters. The summed E-state index contributed by atoms with van der Waals surface area (Å²) in [4.78, 5) is 0. The predicted octanol–water partition coefficient (Wildman–Crippen LogP) is 1.43. The third kappa shape index (κ3) is 2.79. The normalized spacial score (nSPS) is 12.3. The van der Waals surface area contributed by atoms with Crippen molar-refractivity contribution in [2.24, 2.45) is 0 Å². The monoisotopic (exact) mass is 313 g/mol. The van der Waals surface area contributed by atoms with Gasteiger partial charge in [-0.25, -0.2) is 8.42 Å². The number of hydrogen-bond donors (Lipinski definition) is 1. The highest BCUT2D eigenvalue weighted by Gasteiger charge is 2.23. The number of halogens is 1. The van der Waals surface area contributed by atoms with Crippen LogP contribution in [-0.2, 0) is 10.0 Å². The van der Waals surface area contributed by atoms with Crippen LogP contribution in [0.5, 0.6) is 0 Å². The van der Waals surface area contributed by atoms with Gasteiger partial charge in [-0.05, 0) is 34.5 Å². The van der Waals surface area contributed by atoms with Gasteiger partial charge in [-0.2, -0.15) is 4.31 Å². The second-order valence-electron chi connectivity index (χ2n) is 3.07. The number of aryl methyl sites for hydroxylation is 1. The third-order valence-electron chi connectivity index (χ3n) is 1.91. The van der Waals surface area contributed by atoms with Crippen LogP contribution in [0.3, 0.4) is 0 Å². The van der Waals surface area contributed by atoms with Crippen LogP contribution < -0.4 is 0 Å². The molecule has 0 unspecified atom stereocenters. The quantitative estimate of drug-likeness (QED) is 0.915. The molecule has 0 fully saturated rings. The Bertz CT molecular complexity index is 421. The molecule has 0 bridgehead atoms. The zero-order chi connectivity index (χ0) is 11.6. The van der Waals surface area contributed by atoms with E-state index in [4.69, 9.17) is 5.11 Å². The number of thiophene rings is 1. The van der Waals surface area contributed by atoms with E-state index in [1.54, 1.807) is 6.07 Å². The number of sulfonamides is 1. The van der Waals surface area contributed by atoms with Gasteiger partial charge < -0.3 is 5.11 Å². The molecule has 0 aliphatic carbocycles. The molecule has 0 aliphatic heterocycles. The van der Waals surface area contributed by atoms with E-state index >= 15 is 0 Å². The van der Waals surface area contributed by atoms with Gasteiger partial charge in [0.1, 0.15) is 4.21 Å². The van der Waals surface area contributed by atoms with E-state index in [9.17, 15) is 8.42 Å². The average Bonchev–Trinajstić information content (AvgIpc) is 2.48. The summed E-state index contributed by atoms with van der Waals surface area (Å²) in [7, 11) is -1.99. The second kappa shape index (κ2) is 4.92. The number of aliphatic hydroxyl groups excluding tert-OH is 1. The molecule has 7 heteroatoms. The Labute approximate surface area is 102 Å². The number of aliphatic hydroxyl groups is 1. The molecule has 0 aliphatic rings. The summed E-state index contributed by atoms with van der Waals surface area (Å²) in [6.45, 7) is 1.77.